The quantitative estimate of drug-likeness (QED) is 0.682. The molecule has 0 aliphatic rings. The van der Waals surface area contributed by atoms with Crippen molar-refractivity contribution < 1.29 is 18.7 Å². The average Bonchev–Trinajstić information content (AvgIpc) is 2.70. The lowest BCUT2D eigenvalue weighted by atomic mass is 10.2. The lowest BCUT2D eigenvalue weighted by molar-refractivity contribution is 0.102. The molecule has 0 bridgehead atoms. The first-order valence-electron chi connectivity index (χ1n) is 8.11. The number of pyridine rings is 1. The van der Waals surface area contributed by atoms with Gasteiger partial charge in [0.2, 0.25) is 0 Å². The number of benzene rings is 2. The number of methoxy groups -OCH3 is 2. The second kappa shape index (κ2) is 8.18. The first kappa shape index (κ1) is 18.2. The van der Waals surface area contributed by atoms with Gasteiger partial charge in [0, 0.05) is 6.07 Å². The minimum Gasteiger partial charge on any atom is -0.497 e. The van der Waals surface area contributed by atoms with Crippen molar-refractivity contribution in [3.05, 3.63) is 72.3 Å². The largest absolute Gasteiger partial charge is 0.497 e. The number of para-hydroxylation sites is 1. The molecule has 2 N–H and O–H groups in total. The van der Waals surface area contributed by atoms with Crippen LogP contribution in [0.1, 0.15) is 10.5 Å². The normalized spacial score (nSPS) is 10.2. The predicted octanol–water partition coefficient (Wildman–Crippen LogP) is 4.23. The fourth-order valence-corrected chi connectivity index (χ4v) is 2.42. The van der Waals surface area contributed by atoms with Crippen LogP contribution < -0.4 is 20.1 Å². The van der Waals surface area contributed by atoms with Gasteiger partial charge in [0.15, 0.2) is 0 Å². The molecule has 0 fully saturated rings. The molecule has 0 spiro atoms. The molecule has 0 unspecified atom stereocenters. The Labute approximate surface area is 156 Å². The fourth-order valence-electron chi connectivity index (χ4n) is 2.42. The molecule has 1 amide bonds. The highest BCUT2D eigenvalue weighted by Gasteiger charge is 2.11. The topological polar surface area (TPSA) is 72.5 Å². The van der Waals surface area contributed by atoms with Crippen molar-refractivity contribution in [3.8, 4) is 11.5 Å². The van der Waals surface area contributed by atoms with Crippen molar-refractivity contribution in [3.63, 3.8) is 0 Å². The van der Waals surface area contributed by atoms with Gasteiger partial charge in [-0.25, -0.2) is 9.37 Å². The van der Waals surface area contributed by atoms with Crippen LogP contribution in [0.25, 0.3) is 0 Å². The SMILES string of the molecule is COc1ccc(OC)c(Nc2ccc(C(=O)Nc3ccccc3F)nc2)c1. The summed E-state index contributed by atoms with van der Waals surface area (Å²) in [7, 11) is 3.15. The van der Waals surface area contributed by atoms with E-state index in [1.807, 2.05) is 0 Å². The zero-order valence-electron chi connectivity index (χ0n) is 14.8. The molecule has 7 heteroatoms. The molecule has 1 aromatic heterocycles. The third-order valence-electron chi connectivity index (χ3n) is 3.80. The first-order valence-corrected chi connectivity index (χ1v) is 8.11. The van der Waals surface area contributed by atoms with Crippen molar-refractivity contribution >= 4 is 23.0 Å². The van der Waals surface area contributed by atoms with Crippen LogP contribution in [-0.2, 0) is 0 Å². The Morgan fingerprint density at radius 3 is 2.48 bits per heavy atom. The smallest absolute Gasteiger partial charge is 0.274 e. The molecule has 138 valence electrons. The van der Waals surface area contributed by atoms with Crippen molar-refractivity contribution in [1.82, 2.24) is 4.98 Å². The lowest BCUT2D eigenvalue weighted by Crippen LogP contribution is -2.14. The number of carbonyl (C=O) groups excluding carboxylic acids is 1. The summed E-state index contributed by atoms with van der Waals surface area (Å²) >= 11 is 0. The number of amides is 1. The van der Waals surface area contributed by atoms with E-state index in [0.29, 0.717) is 22.9 Å². The maximum absolute atomic E-state index is 13.6. The van der Waals surface area contributed by atoms with E-state index in [0.717, 1.165) is 0 Å². The standard InChI is InChI=1S/C20H18FN3O3/c1-26-14-8-10-19(27-2)18(11-14)23-13-7-9-17(22-12-13)20(25)24-16-6-4-3-5-15(16)21/h3-12,23H,1-2H3,(H,24,25). The molecular weight excluding hydrogens is 349 g/mol. The summed E-state index contributed by atoms with van der Waals surface area (Å²) in [6.45, 7) is 0. The summed E-state index contributed by atoms with van der Waals surface area (Å²) in [5.41, 5.74) is 1.63. The number of nitrogens with zero attached hydrogens (tertiary/aromatic N) is 1. The highest BCUT2D eigenvalue weighted by atomic mass is 19.1. The second-order valence-electron chi connectivity index (χ2n) is 5.56. The van der Waals surface area contributed by atoms with E-state index in [4.69, 9.17) is 9.47 Å². The van der Waals surface area contributed by atoms with Crippen LogP contribution in [0.5, 0.6) is 11.5 Å². The third-order valence-corrected chi connectivity index (χ3v) is 3.80. The Balaban J connectivity index is 1.74. The van der Waals surface area contributed by atoms with Crippen molar-refractivity contribution in [1.29, 1.82) is 0 Å². The van der Waals surface area contributed by atoms with E-state index < -0.39 is 11.7 Å². The van der Waals surface area contributed by atoms with Gasteiger partial charge in [0.1, 0.15) is 23.0 Å². The molecule has 0 aliphatic heterocycles. The summed E-state index contributed by atoms with van der Waals surface area (Å²) in [6.07, 6.45) is 1.51. The Hall–Kier alpha value is -3.61. The average molecular weight is 367 g/mol. The Morgan fingerprint density at radius 2 is 1.81 bits per heavy atom. The molecule has 27 heavy (non-hydrogen) atoms. The summed E-state index contributed by atoms with van der Waals surface area (Å²) in [5, 5.41) is 5.66. The van der Waals surface area contributed by atoms with Crippen LogP contribution in [0.4, 0.5) is 21.5 Å². The molecule has 2 aromatic carbocycles. The van der Waals surface area contributed by atoms with E-state index in [2.05, 4.69) is 15.6 Å². The van der Waals surface area contributed by atoms with Gasteiger partial charge in [-0.3, -0.25) is 4.79 Å². The van der Waals surface area contributed by atoms with Crippen LogP contribution in [-0.4, -0.2) is 25.1 Å². The van der Waals surface area contributed by atoms with Crippen LogP contribution in [0.15, 0.2) is 60.8 Å². The molecule has 0 aliphatic carbocycles. The Kier molecular flexibility index (Phi) is 5.51. The van der Waals surface area contributed by atoms with Crippen molar-refractivity contribution in [2.45, 2.75) is 0 Å². The van der Waals surface area contributed by atoms with E-state index in [1.165, 1.54) is 18.3 Å². The number of halogens is 1. The number of hydrogen-bond acceptors (Lipinski definition) is 5. The van der Waals surface area contributed by atoms with Gasteiger partial charge < -0.3 is 20.1 Å². The predicted molar refractivity (Wildman–Crippen MR) is 101 cm³/mol. The van der Waals surface area contributed by atoms with Crippen molar-refractivity contribution in [2.24, 2.45) is 0 Å². The van der Waals surface area contributed by atoms with Crippen molar-refractivity contribution in [2.75, 3.05) is 24.9 Å². The molecule has 6 nitrogen and oxygen atoms in total. The monoisotopic (exact) mass is 367 g/mol. The Morgan fingerprint density at radius 1 is 1.00 bits per heavy atom. The zero-order valence-corrected chi connectivity index (χ0v) is 14.8. The van der Waals surface area contributed by atoms with Gasteiger partial charge in [-0.2, -0.15) is 0 Å². The lowest BCUT2D eigenvalue weighted by Gasteiger charge is -2.13. The minimum absolute atomic E-state index is 0.104. The molecular formula is C20H18FN3O3. The number of anilines is 3. The molecule has 1 heterocycles. The van der Waals surface area contributed by atoms with E-state index in [9.17, 15) is 9.18 Å². The first-order chi connectivity index (χ1) is 13.1. The second-order valence-corrected chi connectivity index (χ2v) is 5.56. The maximum Gasteiger partial charge on any atom is 0.274 e. The Bertz CT molecular complexity index is 945. The number of ether oxygens (including phenoxy) is 2. The van der Waals surface area contributed by atoms with Gasteiger partial charge >= 0.3 is 0 Å². The van der Waals surface area contributed by atoms with Gasteiger partial charge in [0.25, 0.3) is 5.91 Å². The van der Waals surface area contributed by atoms with E-state index in [-0.39, 0.29) is 11.4 Å². The molecule has 0 radical (unpaired) electrons. The van der Waals surface area contributed by atoms with Crippen LogP contribution in [0.3, 0.4) is 0 Å². The maximum atomic E-state index is 13.6. The van der Waals surface area contributed by atoms with Crippen LogP contribution in [0.2, 0.25) is 0 Å². The number of aromatic nitrogens is 1. The van der Waals surface area contributed by atoms with Gasteiger partial charge in [-0.15, -0.1) is 0 Å². The number of hydrogen-bond donors (Lipinski definition) is 2. The number of nitrogens with one attached hydrogen (secondary N) is 2. The highest BCUT2D eigenvalue weighted by molar-refractivity contribution is 6.03. The summed E-state index contributed by atoms with van der Waals surface area (Å²) in [5.74, 6) is 0.309. The molecule has 0 atom stereocenters. The number of rotatable bonds is 6. The van der Waals surface area contributed by atoms with Gasteiger partial charge in [-0.1, -0.05) is 12.1 Å². The van der Waals surface area contributed by atoms with Gasteiger partial charge in [-0.05, 0) is 36.4 Å². The fraction of sp³-hybridized carbons (Fsp3) is 0.100. The summed E-state index contributed by atoms with van der Waals surface area (Å²) < 4.78 is 24.2. The minimum atomic E-state index is -0.505. The number of carbonyl (C=O) groups is 1. The molecule has 3 rings (SSSR count). The van der Waals surface area contributed by atoms with Gasteiger partial charge in [0.05, 0.1) is 37.5 Å². The zero-order chi connectivity index (χ0) is 19.2. The van der Waals surface area contributed by atoms with Crippen LogP contribution >= 0.6 is 0 Å². The summed E-state index contributed by atoms with van der Waals surface area (Å²) in [4.78, 5) is 16.4. The summed E-state index contributed by atoms with van der Waals surface area (Å²) in [6, 6.07) is 14.6. The van der Waals surface area contributed by atoms with E-state index >= 15 is 0 Å². The molecule has 3 aromatic rings. The highest BCUT2D eigenvalue weighted by Crippen LogP contribution is 2.31. The molecule has 0 saturated heterocycles. The third kappa shape index (κ3) is 4.33. The van der Waals surface area contributed by atoms with E-state index in [1.54, 1.807) is 56.7 Å². The molecule has 0 saturated carbocycles. The van der Waals surface area contributed by atoms with Crippen LogP contribution in [0, 0.1) is 5.82 Å².